The van der Waals surface area contributed by atoms with E-state index in [-0.39, 0.29) is 11.5 Å². The molecule has 7 aromatic rings. The number of phenols is 6. The molecule has 0 heterocycles. The molecule has 0 aliphatic heterocycles. The molecule has 0 bridgehead atoms. The van der Waals surface area contributed by atoms with Crippen molar-refractivity contribution in [1.82, 2.24) is 0 Å². The summed E-state index contributed by atoms with van der Waals surface area (Å²) in [5.41, 5.74) is 8.17. The van der Waals surface area contributed by atoms with Gasteiger partial charge in [-0.3, -0.25) is 0 Å². The van der Waals surface area contributed by atoms with E-state index >= 15 is 0 Å². The zero-order valence-electron chi connectivity index (χ0n) is 38.7. The number of phenolic OH excluding ortho intramolecular Hbond substituents is 6. The Morgan fingerprint density at radius 3 is 1.36 bits per heavy atom. The predicted octanol–water partition coefficient (Wildman–Crippen LogP) is 14.1. The van der Waals surface area contributed by atoms with Gasteiger partial charge < -0.3 is 40.1 Å². The van der Waals surface area contributed by atoms with Crippen molar-refractivity contribution < 1.29 is 44.9 Å². The van der Waals surface area contributed by atoms with Crippen molar-refractivity contribution in [1.29, 1.82) is 0 Å². The summed E-state index contributed by atoms with van der Waals surface area (Å²) in [6.07, 6.45) is 8.78. The third-order valence-electron chi connectivity index (χ3n) is 9.25. The van der Waals surface area contributed by atoms with Crippen molar-refractivity contribution in [2.24, 2.45) is 0 Å². The van der Waals surface area contributed by atoms with E-state index in [0.29, 0.717) is 40.1 Å². The summed E-state index contributed by atoms with van der Waals surface area (Å²) in [5, 5.41) is 56.8. The fourth-order valence-electron chi connectivity index (χ4n) is 5.43. The molecule has 67 heavy (non-hydrogen) atoms. The molecule has 0 amide bonds. The SMILES string of the molecule is C=C(C)C(=O)Oc1ccc(O)cc1.C=Cc1cc(C)c(O)c(C)c1.C=Cc1ccc(O)c(C)c1.C=Cc1ccc(O)c(OC)c1.C=Cc1ccc(O)cc1.C=Cc1ccc2cc(O)ccc2c1. The van der Waals surface area contributed by atoms with E-state index in [2.05, 4.69) is 39.5 Å². The lowest BCUT2D eigenvalue weighted by Crippen LogP contribution is -2.07. The Balaban J connectivity index is 0.000000277. The predicted molar refractivity (Wildman–Crippen MR) is 278 cm³/mol. The number of carbonyl (C=O) groups excluding carboxylic acids is 1. The Morgan fingerprint density at radius 1 is 0.463 bits per heavy atom. The lowest BCUT2D eigenvalue weighted by Gasteiger charge is -2.03. The second-order valence-electron chi connectivity index (χ2n) is 14.5. The van der Waals surface area contributed by atoms with Gasteiger partial charge in [0, 0.05) is 5.57 Å². The summed E-state index contributed by atoms with van der Waals surface area (Å²) in [5.74, 6) is 2.01. The van der Waals surface area contributed by atoms with Crippen LogP contribution in [-0.2, 0) is 4.79 Å². The molecule has 0 saturated heterocycles. The second kappa shape index (κ2) is 28.2. The Kier molecular flexibility index (Phi) is 22.9. The van der Waals surface area contributed by atoms with Crippen molar-refractivity contribution in [2.45, 2.75) is 27.7 Å². The fourth-order valence-corrected chi connectivity index (χ4v) is 5.43. The number of methoxy groups -OCH3 is 1. The summed E-state index contributed by atoms with van der Waals surface area (Å²) in [6, 6.07) is 38.4. The Labute approximate surface area is 394 Å². The highest BCUT2D eigenvalue weighted by Gasteiger charge is 2.05. The quantitative estimate of drug-likeness (QED) is 0.0496. The van der Waals surface area contributed by atoms with Gasteiger partial charge in [-0.15, -0.1) is 0 Å². The van der Waals surface area contributed by atoms with E-state index < -0.39 is 5.97 Å². The third-order valence-corrected chi connectivity index (χ3v) is 9.25. The summed E-state index contributed by atoms with van der Waals surface area (Å²) >= 11 is 0. The Bertz CT molecular complexity index is 2740. The first-order valence-corrected chi connectivity index (χ1v) is 20.7. The number of benzene rings is 7. The molecular weight excluding hydrogens is 841 g/mol. The van der Waals surface area contributed by atoms with E-state index in [0.717, 1.165) is 55.3 Å². The van der Waals surface area contributed by atoms with Crippen molar-refractivity contribution >= 4 is 47.1 Å². The van der Waals surface area contributed by atoms with E-state index in [1.165, 1.54) is 31.4 Å². The lowest BCUT2D eigenvalue weighted by atomic mass is 10.1. The summed E-state index contributed by atoms with van der Waals surface area (Å²) in [6.45, 7) is 28.8. The first-order valence-electron chi connectivity index (χ1n) is 20.7. The number of aryl methyl sites for hydroxylation is 3. The highest BCUT2D eigenvalue weighted by molar-refractivity contribution is 5.88. The van der Waals surface area contributed by atoms with Gasteiger partial charge in [0.25, 0.3) is 0 Å². The van der Waals surface area contributed by atoms with Crippen LogP contribution in [0.25, 0.3) is 41.2 Å². The van der Waals surface area contributed by atoms with E-state index in [1.807, 2.05) is 87.5 Å². The van der Waals surface area contributed by atoms with Crippen molar-refractivity contribution in [3.63, 3.8) is 0 Å². The van der Waals surface area contributed by atoms with Crippen LogP contribution >= 0.6 is 0 Å². The molecule has 0 aliphatic carbocycles. The van der Waals surface area contributed by atoms with Gasteiger partial charge >= 0.3 is 5.97 Å². The number of hydrogen-bond donors (Lipinski definition) is 6. The maximum atomic E-state index is 11.0. The van der Waals surface area contributed by atoms with Crippen LogP contribution in [-0.4, -0.2) is 43.7 Å². The molecule has 9 nitrogen and oxygen atoms in total. The number of aromatic hydroxyl groups is 6. The van der Waals surface area contributed by atoms with E-state index in [4.69, 9.17) is 24.8 Å². The Hall–Kier alpha value is -8.69. The molecular formula is C58H60O9. The number of carbonyl (C=O) groups is 1. The number of hydrogen-bond acceptors (Lipinski definition) is 9. The number of ether oxygens (including phenoxy) is 2. The highest BCUT2D eigenvalue weighted by atomic mass is 16.5. The smallest absolute Gasteiger partial charge is 0.338 e. The van der Waals surface area contributed by atoms with Crippen LogP contribution in [0.4, 0.5) is 0 Å². The number of esters is 1. The van der Waals surface area contributed by atoms with Crippen molar-refractivity contribution in [3.8, 4) is 46.0 Å². The van der Waals surface area contributed by atoms with Gasteiger partial charge in [0.2, 0.25) is 0 Å². The maximum Gasteiger partial charge on any atom is 0.338 e. The first-order chi connectivity index (χ1) is 31.9. The fraction of sp³-hybridized carbons (Fsp3) is 0.0862. The first kappa shape index (κ1) is 54.4. The largest absolute Gasteiger partial charge is 0.508 e. The van der Waals surface area contributed by atoms with Gasteiger partial charge in [-0.05, 0) is 174 Å². The zero-order valence-corrected chi connectivity index (χ0v) is 38.7. The van der Waals surface area contributed by atoms with Crippen LogP contribution in [0, 0.1) is 20.8 Å². The minimum Gasteiger partial charge on any atom is -0.508 e. The van der Waals surface area contributed by atoms with E-state index in [1.54, 1.807) is 79.8 Å². The molecule has 0 aromatic heterocycles. The van der Waals surface area contributed by atoms with E-state index in [9.17, 15) is 20.1 Å². The molecule has 0 atom stereocenters. The summed E-state index contributed by atoms with van der Waals surface area (Å²) in [4.78, 5) is 11.0. The molecule has 346 valence electrons. The minimum atomic E-state index is -0.467. The van der Waals surface area contributed by atoms with Crippen molar-refractivity contribution in [2.75, 3.05) is 7.11 Å². The summed E-state index contributed by atoms with van der Waals surface area (Å²) in [7, 11) is 1.52. The number of fused-ring (bicyclic) bond motifs is 1. The monoisotopic (exact) mass is 900 g/mol. The highest BCUT2D eigenvalue weighted by Crippen LogP contribution is 2.27. The molecule has 0 aliphatic rings. The van der Waals surface area contributed by atoms with Crippen LogP contribution in [0.15, 0.2) is 179 Å². The van der Waals surface area contributed by atoms with Gasteiger partial charge in [0.1, 0.15) is 34.5 Å². The van der Waals surface area contributed by atoms with Gasteiger partial charge in [-0.25, -0.2) is 4.79 Å². The van der Waals surface area contributed by atoms with Gasteiger partial charge in [-0.1, -0.05) is 112 Å². The summed E-state index contributed by atoms with van der Waals surface area (Å²) < 4.78 is 9.77. The average molecular weight is 901 g/mol. The van der Waals surface area contributed by atoms with Crippen LogP contribution in [0.2, 0.25) is 0 Å². The molecule has 0 spiro atoms. The van der Waals surface area contributed by atoms with Crippen LogP contribution in [0.5, 0.6) is 46.0 Å². The van der Waals surface area contributed by atoms with Crippen LogP contribution in [0.3, 0.4) is 0 Å². The van der Waals surface area contributed by atoms with Crippen LogP contribution in [0.1, 0.15) is 51.4 Å². The standard InChI is InChI=1S/C12H10O.C10H10O3.C10H12O.C9H10O2.C9H10O.C8H8O/c1-2-9-3-4-11-8-12(13)6-5-10(11)7-9;1-7(2)10(12)13-9-5-3-8(11)4-6-9;1-4-9-5-7(2)10(11)8(3)6-9;1-3-7-4-5-8(10)9(6-7)11-2;1-3-8-4-5-9(10)7(2)6-8;1-2-7-3-5-8(9)6-4-7/h2-8,13H,1H2;3-6,11H,1H2,2H3;4-6,11H,1H2,2-3H3;3-6,10H,1H2,2H3;3-6,10H,1H2,2H3;2-6,9H,1H2. The van der Waals surface area contributed by atoms with Gasteiger partial charge in [-0.2, -0.15) is 0 Å². The molecule has 0 fully saturated rings. The Morgan fingerprint density at radius 2 is 0.866 bits per heavy atom. The molecule has 0 saturated carbocycles. The normalized spacial score (nSPS) is 9.45. The maximum absolute atomic E-state index is 11.0. The molecule has 7 aromatic carbocycles. The van der Waals surface area contributed by atoms with Gasteiger partial charge in [0.05, 0.1) is 7.11 Å². The minimum absolute atomic E-state index is 0.134. The average Bonchev–Trinajstić information content (AvgIpc) is 3.33. The van der Waals surface area contributed by atoms with Gasteiger partial charge in [0.15, 0.2) is 11.5 Å². The molecule has 6 N–H and O–H groups in total. The van der Waals surface area contributed by atoms with Crippen molar-refractivity contribution in [3.05, 3.63) is 223 Å². The molecule has 0 radical (unpaired) electrons. The van der Waals surface area contributed by atoms with Crippen LogP contribution < -0.4 is 9.47 Å². The third kappa shape index (κ3) is 19.3. The molecule has 0 unspecified atom stereocenters. The second-order valence-corrected chi connectivity index (χ2v) is 14.5. The lowest BCUT2D eigenvalue weighted by molar-refractivity contribution is -0.130. The molecule has 9 heteroatoms. The number of rotatable bonds is 8. The topological polar surface area (TPSA) is 157 Å². The molecule has 7 rings (SSSR count). The zero-order chi connectivity index (χ0) is 50.1.